The Kier molecular flexibility index (Phi) is 6.58. The third kappa shape index (κ3) is 4.93. The van der Waals surface area contributed by atoms with Crippen molar-refractivity contribution in [2.45, 2.75) is 45.2 Å². The molecule has 27 heavy (non-hydrogen) atoms. The number of hydrogen-bond donors (Lipinski definition) is 1. The van der Waals surface area contributed by atoms with Gasteiger partial charge in [-0.2, -0.15) is 0 Å². The molecule has 7 heteroatoms. The Morgan fingerprint density at radius 1 is 1.33 bits per heavy atom. The Morgan fingerprint density at radius 3 is 2.81 bits per heavy atom. The summed E-state index contributed by atoms with van der Waals surface area (Å²) in [6.45, 7) is 4.55. The summed E-state index contributed by atoms with van der Waals surface area (Å²) in [6.07, 6.45) is 4.69. The van der Waals surface area contributed by atoms with Crippen LogP contribution in [0.2, 0.25) is 0 Å². The smallest absolute Gasteiger partial charge is 0.269 e. The Morgan fingerprint density at radius 2 is 2.11 bits per heavy atom. The Labute approximate surface area is 163 Å². The maximum absolute atomic E-state index is 12.3. The molecule has 3 rings (SSSR count). The van der Waals surface area contributed by atoms with Crippen molar-refractivity contribution in [3.05, 3.63) is 61.8 Å². The molecule has 1 amide bonds. The summed E-state index contributed by atoms with van der Waals surface area (Å²) in [5.41, 5.74) is 1.92. The second-order valence-electron chi connectivity index (χ2n) is 6.90. The van der Waals surface area contributed by atoms with Crippen molar-refractivity contribution >= 4 is 22.9 Å². The highest BCUT2D eigenvalue weighted by molar-refractivity contribution is 7.10. The van der Waals surface area contributed by atoms with Crippen LogP contribution >= 0.6 is 11.3 Å². The zero-order valence-corrected chi connectivity index (χ0v) is 16.3. The first-order chi connectivity index (χ1) is 13.1. The van der Waals surface area contributed by atoms with Crippen LogP contribution in [0.5, 0.6) is 0 Å². The number of carbonyl (C=O) groups excluding carboxylic acids is 1. The summed E-state index contributed by atoms with van der Waals surface area (Å²) in [6, 6.07) is 8.49. The molecule has 0 bridgehead atoms. The van der Waals surface area contributed by atoms with Crippen molar-refractivity contribution in [3.8, 4) is 0 Å². The quantitative estimate of drug-likeness (QED) is 0.549. The van der Waals surface area contributed by atoms with Gasteiger partial charge in [-0.1, -0.05) is 19.8 Å². The van der Waals surface area contributed by atoms with Crippen LogP contribution in [0.3, 0.4) is 0 Å². The van der Waals surface area contributed by atoms with Gasteiger partial charge in [0.15, 0.2) is 0 Å². The minimum Gasteiger partial charge on any atom is -0.351 e. The predicted molar refractivity (Wildman–Crippen MR) is 107 cm³/mol. The lowest BCUT2D eigenvalue weighted by atomic mass is 9.96. The van der Waals surface area contributed by atoms with Gasteiger partial charge in [-0.25, -0.2) is 0 Å². The summed E-state index contributed by atoms with van der Waals surface area (Å²) in [5, 5.41) is 15.8. The van der Waals surface area contributed by atoms with Crippen molar-refractivity contribution in [1.82, 2.24) is 10.2 Å². The van der Waals surface area contributed by atoms with E-state index in [9.17, 15) is 14.9 Å². The van der Waals surface area contributed by atoms with Crippen LogP contribution in [0.1, 0.15) is 47.0 Å². The van der Waals surface area contributed by atoms with Crippen LogP contribution in [-0.2, 0) is 13.0 Å². The molecule has 1 N–H and O–H groups in total. The number of hydrogen-bond acceptors (Lipinski definition) is 5. The zero-order valence-electron chi connectivity index (χ0n) is 15.5. The van der Waals surface area contributed by atoms with E-state index in [0.717, 1.165) is 19.5 Å². The van der Waals surface area contributed by atoms with E-state index in [0.29, 0.717) is 18.2 Å². The highest BCUT2D eigenvalue weighted by Gasteiger charge is 2.26. The molecule has 0 spiro atoms. The van der Waals surface area contributed by atoms with E-state index < -0.39 is 4.92 Å². The molecule has 0 fully saturated rings. The second kappa shape index (κ2) is 9.10. The van der Waals surface area contributed by atoms with Crippen molar-refractivity contribution in [1.29, 1.82) is 0 Å². The first-order valence-electron chi connectivity index (χ1n) is 9.40. The molecular weight excluding hydrogens is 362 g/mol. The van der Waals surface area contributed by atoms with E-state index in [1.165, 1.54) is 54.0 Å². The predicted octanol–water partition coefficient (Wildman–Crippen LogP) is 4.00. The number of nitro benzene ring substituents is 1. The lowest BCUT2D eigenvalue weighted by Gasteiger charge is -2.35. The molecule has 2 heterocycles. The van der Waals surface area contributed by atoms with Gasteiger partial charge in [0.1, 0.15) is 0 Å². The van der Waals surface area contributed by atoms with E-state index in [4.69, 9.17) is 0 Å². The maximum atomic E-state index is 12.3. The molecule has 0 aliphatic carbocycles. The number of rotatable bonds is 8. The molecule has 0 saturated carbocycles. The zero-order chi connectivity index (χ0) is 19.2. The van der Waals surface area contributed by atoms with Crippen LogP contribution < -0.4 is 5.32 Å². The van der Waals surface area contributed by atoms with E-state index in [1.807, 2.05) is 11.3 Å². The van der Waals surface area contributed by atoms with Gasteiger partial charge in [-0.3, -0.25) is 19.8 Å². The summed E-state index contributed by atoms with van der Waals surface area (Å²) in [5.74, 6) is -0.191. The topological polar surface area (TPSA) is 75.5 Å². The SMILES string of the molecule is CCCCC1Cc2ccsc2CN1CCNC(=O)c1ccc([N+](=O)[O-])cc1. The van der Waals surface area contributed by atoms with Gasteiger partial charge in [0.05, 0.1) is 4.92 Å². The Balaban J connectivity index is 1.54. The minimum atomic E-state index is -0.465. The van der Waals surface area contributed by atoms with E-state index in [2.05, 4.69) is 28.6 Å². The molecule has 1 aliphatic rings. The minimum absolute atomic E-state index is 0.00890. The van der Waals surface area contributed by atoms with Crippen molar-refractivity contribution in [2.75, 3.05) is 13.1 Å². The first-order valence-corrected chi connectivity index (χ1v) is 10.3. The maximum Gasteiger partial charge on any atom is 0.269 e. The number of nitrogens with one attached hydrogen (secondary N) is 1. The number of amides is 1. The molecular formula is C20H25N3O3S. The summed E-state index contributed by atoms with van der Waals surface area (Å²) >= 11 is 1.81. The third-order valence-corrected chi connectivity index (χ3v) is 6.02. The summed E-state index contributed by atoms with van der Waals surface area (Å²) in [7, 11) is 0. The molecule has 1 atom stereocenters. The molecule has 1 aliphatic heterocycles. The van der Waals surface area contributed by atoms with E-state index in [-0.39, 0.29) is 11.6 Å². The van der Waals surface area contributed by atoms with Crippen molar-refractivity contribution in [2.24, 2.45) is 0 Å². The van der Waals surface area contributed by atoms with Gasteiger partial charge < -0.3 is 5.32 Å². The van der Waals surface area contributed by atoms with E-state index in [1.54, 1.807) is 0 Å². The fourth-order valence-electron chi connectivity index (χ4n) is 3.52. The Bertz CT molecular complexity index is 788. The molecule has 1 aromatic heterocycles. The van der Waals surface area contributed by atoms with Crippen LogP contribution in [0.25, 0.3) is 0 Å². The van der Waals surface area contributed by atoms with Crippen LogP contribution in [0, 0.1) is 10.1 Å². The average Bonchev–Trinajstić information content (AvgIpc) is 3.13. The molecule has 144 valence electrons. The number of thiophene rings is 1. The van der Waals surface area contributed by atoms with Crippen LogP contribution in [-0.4, -0.2) is 34.9 Å². The number of unbranched alkanes of at least 4 members (excludes halogenated alkanes) is 1. The fourth-order valence-corrected chi connectivity index (χ4v) is 4.46. The van der Waals surface area contributed by atoms with Gasteiger partial charge in [0, 0.05) is 48.2 Å². The molecule has 6 nitrogen and oxygen atoms in total. The van der Waals surface area contributed by atoms with Gasteiger partial charge in [0.25, 0.3) is 11.6 Å². The van der Waals surface area contributed by atoms with Gasteiger partial charge >= 0.3 is 0 Å². The number of fused-ring (bicyclic) bond motifs is 1. The number of nitro groups is 1. The fraction of sp³-hybridized carbons (Fsp3) is 0.450. The third-order valence-electron chi connectivity index (χ3n) is 5.07. The van der Waals surface area contributed by atoms with Crippen LogP contribution in [0.15, 0.2) is 35.7 Å². The molecule has 2 aromatic rings. The standard InChI is InChI=1S/C20H25N3O3S/c1-2-3-4-18-13-16-9-12-27-19(16)14-22(18)11-10-21-20(24)15-5-7-17(8-6-15)23(25)26/h5-9,12,18H,2-4,10-11,13-14H2,1H3,(H,21,24). The first kappa shape index (κ1) is 19.5. The normalized spacial score (nSPS) is 16.7. The summed E-state index contributed by atoms with van der Waals surface area (Å²) < 4.78 is 0. The molecule has 1 aromatic carbocycles. The summed E-state index contributed by atoms with van der Waals surface area (Å²) in [4.78, 5) is 26.4. The largest absolute Gasteiger partial charge is 0.351 e. The molecule has 0 radical (unpaired) electrons. The van der Waals surface area contributed by atoms with Gasteiger partial charge in [-0.15, -0.1) is 11.3 Å². The number of nitrogens with zero attached hydrogens (tertiary/aromatic N) is 2. The molecule has 1 unspecified atom stereocenters. The Hall–Kier alpha value is -2.25. The highest BCUT2D eigenvalue weighted by atomic mass is 32.1. The lowest BCUT2D eigenvalue weighted by Crippen LogP contribution is -2.44. The van der Waals surface area contributed by atoms with Crippen molar-refractivity contribution in [3.63, 3.8) is 0 Å². The number of benzene rings is 1. The monoisotopic (exact) mass is 387 g/mol. The molecule has 0 saturated heterocycles. The number of non-ortho nitro benzene ring substituents is 1. The average molecular weight is 388 g/mol. The number of carbonyl (C=O) groups is 1. The van der Waals surface area contributed by atoms with Crippen molar-refractivity contribution < 1.29 is 9.72 Å². The van der Waals surface area contributed by atoms with Crippen LogP contribution in [0.4, 0.5) is 5.69 Å². The highest BCUT2D eigenvalue weighted by Crippen LogP contribution is 2.29. The second-order valence-corrected chi connectivity index (χ2v) is 7.90. The van der Waals surface area contributed by atoms with Gasteiger partial charge in [-0.05, 0) is 42.0 Å². The van der Waals surface area contributed by atoms with E-state index >= 15 is 0 Å². The lowest BCUT2D eigenvalue weighted by molar-refractivity contribution is -0.384. The van der Waals surface area contributed by atoms with Gasteiger partial charge in [0.2, 0.25) is 0 Å².